The van der Waals surface area contributed by atoms with Crippen molar-refractivity contribution in [3.8, 4) is 5.69 Å². The van der Waals surface area contributed by atoms with Crippen molar-refractivity contribution >= 4 is 23.2 Å². The maximum Gasteiger partial charge on any atom is 0.239 e. The summed E-state index contributed by atoms with van der Waals surface area (Å²) >= 11 is 0. The highest BCUT2D eigenvalue weighted by atomic mass is 16.2. The zero-order valence-electron chi connectivity index (χ0n) is 16.8. The molecule has 0 saturated carbocycles. The van der Waals surface area contributed by atoms with Crippen LogP contribution in [0.3, 0.4) is 0 Å². The first-order valence-electron chi connectivity index (χ1n) is 9.74. The van der Waals surface area contributed by atoms with E-state index in [4.69, 9.17) is 0 Å². The lowest BCUT2D eigenvalue weighted by molar-refractivity contribution is -0.129. The molecule has 1 unspecified atom stereocenters. The third kappa shape index (κ3) is 3.66. The number of imidazole rings is 1. The van der Waals surface area contributed by atoms with E-state index in [0.717, 1.165) is 28.3 Å². The van der Waals surface area contributed by atoms with Gasteiger partial charge >= 0.3 is 0 Å². The summed E-state index contributed by atoms with van der Waals surface area (Å²) < 4.78 is 2.00. The molecule has 3 aromatic rings. The van der Waals surface area contributed by atoms with Crippen molar-refractivity contribution < 1.29 is 9.59 Å². The Bertz CT molecular complexity index is 1050. The van der Waals surface area contributed by atoms with Crippen LogP contribution in [0.1, 0.15) is 23.4 Å². The lowest BCUT2D eigenvalue weighted by Crippen LogP contribution is -2.33. The molecule has 2 aromatic carbocycles. The molecular weight excluding hydrogens is 364 g/mol. The predicted octanol–water partition coefficient (Wildman–Crippen LogP) is 3.79. The van der Waals surface area contributed by atoms with E-state index in [-0.39, 0.29) is 11.8 Å². The molecule has 1 N–H and O–H groups in total. The molecule has 1 atom stereocenters. The maximum absolute atomic E-state index is 12.8. The Kier molecular flexibility index (Phi) is 4.92. The van der Waals surface area contributed by atoms with Gasteiger partial charge in [0.15, 0.2) is 0 Å². The van der Waals surface area contributed by atoms with Gasteiger partial charge < -0.3 is 14.8 Å². The second-order valence-electron chi connectivity index (χ2n) is 7.49. The molecule has 1 aliphatic rings. The van der Waals surface area contributed by atoms with Crippen LogP contribution in [0, 0.1) is 26.7 Å². The lowest BCUT2D eigenvalue weighted by Gasteiger charge is -2.17. The molecule has 4 rings (SSSR count). The standard InChI is InChI=1S/C23H24N4O2/c1-15-4-8-19(9-5-15)26-13-12-21(23(26)29)22(28)25-18-6-10-20(11-7-18)27-14-24-16(2)17(27)3/h4-11,14,21H,12-13H2,1-3H3,(H,25,28). The summed E-state index contributed by atoms with van der Waals surface area (Å²) in [6, 6.07) is 15.3. The van der Waals surface area contributed by atoms with Crippen LogP contribution in [0.5, 0.6) is 0 Å². The number of aromatic nitrogens is 2. The van der Waals surface area contributed by atoms with Crippen LogP contribution in [-0.2, 0) is 9.59 Å². The van der Waals surface area contributed by atoms with Gasteiger partial charge in [-0.1, -0.05) is 17.7 Å². The second-order valence-corrected chi connectivity index (χ2v) is 7.49. The monoisotopic (exact) mass is 388 g/mol. The SMILES string of the molecule is Cc1ccc(N2CCC(C(=O)Nc3ccc(-n4cnc(C)c4C)cc3)C2=O)cc1. The first-order valence-corrected chi connectivity index (χ1v) is 9.74. The van der Waals surface area contributed by atoms with Crippen molar-refractivity contribution in [2.75, 3.05) is 16.8 Å². The molecule has 0 bridgehead atoms. The summed E-state index contributed by atoms with van der Waals surface area (Å²) in [6.07, 6.45) is 2.30. The molecule has 1 aromatic heterocycles. The largest absolute Gasteiger partial charge is 0.325 e. The Labute approximate surface area is 170 Å². The maximum atomic E-state index is 12.8. The average molecular weight is 388 g/mol. The van der Waals surface area contributed by atoms with Crippen LogP contribution in [0.15, 0.2) is 54.9 Å². The van der Waals surface area contributed by atoms with Gasteiger partial charge in [-0.3, -0.25) is 9.59 Å². The van der Waals surface area contributed by atoms with E-state index in [0.29, 0.717) is 18.7 Å². The zero-order chi connectivity index (χ0) is 20.5. The summed E-state index contributed by atoms with van der Waals surface area (Å²) in [5.41, 5.74) is 5.69. The Balaban J connectivity index is 1.43. The van der Waals surface area contributed by atoms with E-state index in [2.05, 4.69) is 10.3 Å². The molecular formula is C23H24N4O2. The third-order valence-electron chi connectivity index (χ3n) is 5.53. The van der Waals surface area contributed by atoms with Crippen molar-refractivity contribution in [3.63, 3.8) is 0 Å². The van der Waals surface area contributed by atoms with Crippen LogP contribution in [0.2, 0.25) is 0 Å². The number of nitrogens with one attached hydrogen (secondary N) is 1. The number of carbonyl (C=O) groups excluding carboxylic acids is 2. The Morgan fingerprint density at radius 2 is 1.66 bits per heavy atom. The normalized spacial score (nSPS) is 16.3. The van der Waals surface area contributed by atoms with E-state index in [1.54, 1.807) is 11.2 Å². The number of rotatable bonds is 4. The number of hydrogen-bond acceptors (Lipinski definition) is 3. The Morgan fingerprint density at radius 1 is 1.00 bits per heavy atom. The smallest absolute Gasteiger partial charge is 0.239 e. The van der Waals surface area contributed by atoms with E-state index in [1.807, 2.05) is 73.9 Å². The fourth-order valence-electron chi connectivity index (χ4n) is 3.60. The van der Waals surface area contributed by atoms with Gasteiger partial charge in [-0.2, -0.15) is 0 Å². The van der Waals surface area contributed by atoms with Gasteiger partial charge in [0.2, 0.25) is 11.8 Å². The fraction of sp³-hybridized carbons (Fsp3) is 0.261. The molecule has 148 valence electrons. The highest BCUT2D eigenvalue weighted by molar-refractivity contribution is 6.13. The van der Waals surface area contributed by atoms with E-state index < -0.39 is 5.92 Å². The quantitative estimate of drug-likeness (QED) is 0.692. The number of benzene rings is 2. The zero-order valence-corrected chi connectivity index (χ0v) is 16.8. The molecule has 0 aliphatic carbocycles. The Hall–Kier alpha value is -3.41. The summed E-state index contributed by atoms with van der Waals surface area (Å²) in [5, 5.41) is 2.88. The highest BCUT2D eigenvalue weighted by Gasteiger charge is 2.37. The first kappa shape index (κ1) is 18.9. The number of nitrogens with zero attached hydrogens (tertiary/aromatic N) is 3. The second kappa shape index (κ2) is 7.54. The molecule has 1 saturated heterocycles. The van der Waals surface area contributed by atoms with E-state index in [9.17, 15) is 9.59 Å². The minimum atomic E-state index is -0.658. The van der Waals surface area contributed by atoms with Crippen LogP contribution in [-0.4, -0.2) is 27.9 Å². The topological polar surface area (TPSA) is 67.2 Å². The van der Waals surface area contributed by atoms with Gasteiger partial charge in [-0.25, -0.2) is 4.98 Å². The van der Waals surface area contributed by atoms with Crippen molar-refractivity contribution in [1.29, 1.82) is 0 Å². The molecule has 6 nitrogen and oxygen atoms in total. The minimum absolute atomic E-state index is 0.146. The van der Waals surface area contributed by atoms with Gasteiger partial charge in [0.25, 0.3) is 0 Å². The average Bonchev–Trinajstić information content (AvgIpc) is 3.26. The van der Waals surface area contributed by atoms with Gasteiger partial charge in [0.05, 0.1) is 12.0 Å². The van der Waals surface area contributed by atoms with Gasteiger partial charge in [0, 0.05) is 29.3 Å². The molecule has 2 heterocycles. The van der Waals surface area contributed by atoms with Crippen molar-refractivity contribution in [2.45, 2.75) is 27.2 Å². The molecule has 0 radical (unpaired) electrons. The number of carbonyl (C=O) groups is 2. The van der Waals surface area contributed by atoms with Gasteiger partial charge in [-0.15, -0.1) is 0 Å². The van der Waals surface area contributed by atoms with E-state index >= 15 is 0 Å². The minimum Gasteiger partial charge on any atom is -0.325 e. The van der Waals surface area contributed by atoms with Crippen molar-refractivity contribution in [3.05, 3.63) is 71.8 Å². The summed E-state index contributed by atoms with van der Waals surface area (Å²) in [6.45, 7) is 6.55. The predicted molar refractivity (Wildman–Crippen MR) is 113 cm³/mol. The van der Waals surface area contributed by atoms with E-state index in [1.165, 1.54) is 0 Å². The molecule has 0 spiro atoms. The molecule has 29 heavy (non-hydrogen) atoms. The number of anilines is 2. The fourth-order valence-corrected chi connectivity index (χ4v) is 3.60. The number of hydrogen-bond donors (Lipinski definition) is 1. The van der Waals surface area contributed by atoms with Gasteiger partial charge in [-0.05, 0) is 63.6 Å². The Morgan fingerprint density at radius 3 is 2.28 bits per heavy atom. The molecule has 2 amide bonds. The van der Waals surface area contributed by atoms with Crippen LogP contribution >= 0.6 is 0 Å². The lowest BCUT2D eigenvalue weighted by atomic mass is 10.1. The van der Waals surface area contributed by atoms with Crippen molar-refractivity contribution in [2.24, 2.45) is 5.92 Å². The van der Waals surface area contributed by atoms with Crippen molar-refractivity contribution in [1.82, 2.24) is 9.55 Å². The molecule has 6 heteroatoms. The summed E-state index contributed by atoms with van der Waals surface area (Å²) in [5.74, 6) is -1.06. The first-order chi connectivity index (χ1) is 13.9. The summed E-state index contributed by atoms with van der Waals surface area (Å²) in [4.78, 5) is 31.5. The summed E-state index contributed by atoms with van der Waals surface area (Å²) in [7, 11) is 0. The highest BCUT2D eigenvalue weighted by Crippen LogP contribution is 2.27. The number of amides is 2. The molecule has 1 aliphatic heterocycles. The van der Waals surface area contributed by atoms with Crippen LogP contribution in [0.4, 0.5) is 11.4 Å². The van der Waals surface area contributed by atoms with Crippen LogP contribution < -0.4 is 10.2 Å². The third-order valence-corrected chi connectivity index (χ3v) is 5.53. The van der Waals surface area contributed by atoms with Crippen LogP contribution in [0.25, 0.3) is 5.69 Å². The van der Waals surface area contributed by atoms with Gasteiger partial charge in [0.1, 0.15) is 5.92 Å². The number of aryl methyl sites for hydroxylation is 2. The molecule has 1 fully saturated rings.